The first-order chi connectivity index (χ1) is 18.8. The Morgan fingerprint density at radius 3 is 2.38 bits per heavy atom. The summed E-state index contributed by atoms with van der Waals surface area (Å²) in [5, 5.41) is 7.46. The predicted molar refractivity (Wildman–Crippen MR) is 134 cm³/mol. The maximum atomic E-state index is 13.8. The second-order valence-corrected chi connectivity index (χ2v) is 10.9. The largest absolute Gasteiger partial charge is 0.479 e. The second kappa shape index (κ2) is 11.2. The average molecular weight is 566 g/mol. The molecule has 3 aromatic heterocycles. The van der Waals surface area contributed by atoms with Crippen molar-refractivity contribution in [2.24, 2.45) is 0 Å². The normalized spacial score (nSPS) is 21.6. The van der Waals surface area contributed by atoms with E-state index >= 15 is 0 Å². The van der Waals surface area contributed by atoms with Crippen molar-refractivity contribution < 1.29 is 31.8 Å². The van der Waals surface area contributed by atoms with Gasteiger partial charge in [-0.15, -0.1) is 10.2 Å². The van der Waals surface area contributed by atoms with Crippen LogP contribution in [0.5, 0.6) is 11.8 Å². The molecule has 5 rings (SSSR count). The van der Waals surface area contributed by atoms with Crippen molar-refractivity contribution in [2.45, 2.75) is 36.7 Å². The molecule has 1 N–H and O–H groups in total. The lowest BCUT2D eigenvalue weighted by atomic mass is 10.1. The molecule has 0 radical (unpaired) electrons. The molecule has 0 saturated carbocycles. The van der Waals surface area contributed by atoms with Gasteiger partial charge in [0.05, 0.1) is 32.7 Å². The number of hydrogen-bond acceptors (Lipinski definition) is 13. The fourth-order valence-corrected chi connectivity index (χ4v) is 6.05. The van der Waals surface area contributed by atoms with Crippen LogP contribution < -0.4 is 19.1 Å². The molecule has 0 unspecified atom stereocenters. The first-order valence-corrected chi connectivity index (χ1v) is 13.7. The summed E-state index contributed by atoms with van der Waals surface area (Å²) in [6, 6.07) is 0. The minimum Gasteiger partial charge on any atom is -0.479 e. The molecule has 0 bridgehead atoms. The highest BCUT2D eigenvalue weighted by Crippen LogP contribution is 2.37. The molecule has 3 aromatic rings. The molecule has 210 valence electrons. The van der Waals surface area contributed by atoms with Crippen LogP contribution in [0.1, 0.15) is 31.2 Å². The number of rotatable bonds is 9. The molecule has 2 aliphatic heterocycles. The topological polar surface area (TPSA) is 169 Å². The van der Waals surface area contributed by atoms with Crippen LogP contribution in [0, 0.1) is 5.82 Å². The van der Waals surface area contributed by atoms with Gasteiger partial charge < -0.3 is 23.8 Å². The number of piperidine rings is 1. The van der Waals surface area contributed by atoms with Crippen LogP contribution in [-0.4, -0.2) is 95.5 Å². The van der Waals surface area contributed by atoms with Gasteiger partial charge >= 0.3 is 0 Å². The van der Waals surface area contributed by atoms with Gasteiger partial charge in [-0.05, 0) is 19.3 Å². The summed E-state index contributed by atoms with van der Waals surface area (Å²) in [5.74, 6) is 0.0728. The number of nitrogens with zero attached hydrogens (tertiary/aromatic N) is 8. The summed E-state index contributed by atoms with van der Waals surface area (Å²) in [6.07, 6.45) is 4.09. The summed E-state index contributed by atoms with van der Waals surface area (Å²) < 4.78 is 67.2. The molecular weight excluding hydrogens is 537 g/mol. The van der Waals surface area contributed by atoms with E-state index in [1.165, 1.54) is 32.2 Å². The molecule has 5 heterocycles. The summed E-state index contributed by atoms with van der Waals surface area (Å²) >= 11 is 0. The summed E-state index contributed by atoms with van der Waals surface area (Å²) in [7, 11) is 0.241. The zero-order valence-corrected chi connectivity index (χ0v) is 22.3. The lowest BCUT2D eigenvalue weighted by molar-refractivity contribution is 0.0898. The van der Waals surface area contributed by atoms with Crippen molar-refractivity contribution in [3.05, 3.63) is 30.4 Å². The van der Waals surface area contributed by atoms with Crippen LogP contribution in [0.15, 0.2) is 18.7 Å². The Balaban J connectivity index is 1.52. The van der Waals surface area contributed by atoms with Crippen molar-refractivity contribution >= 4 is 21.9 Å². The van der Waals surface area contributed by atoms with Gasteiger partial charge in [-0.2, -0.15) is 9.97 Å². The van der Waals surface area contributed by atoms with E-state index in [0.29, 0.717) is 25.4 Å². The van der Waals surface area contributed by atoms with Crippen LogP contribution in [0.2, 0.25) is 0 Å². The smallest absolute Gasteiger partial charge is 0.245 e. The molecule has 39 heavy (non-hydrogen) atoms. The minimum absolute atomic E-state index is 0.0364. The number of halogens is 1. The highest BCUT2D eigenvalue weighted by molar-refractivity contribution is 7.93. The van der Waals surface area contributed by atoms with Gasteiger partial charge in [-0.1, -0.05) is 0 Å². The molecule has 0 amide bonds. The monoisotopic (exact) mass is 565 g/mol. The van der Waals surface area contributed by atoms with Crippen LogP contribution >= 0.6 is 0 Å². The summed E-state index contributed by atoms with van der Waals surface area (Å²) in [4.78, 5) is 17.9. The second-order valence-electron chi connectivity index (χ2n) is 8.93. The van der Waals surface area contributed by atoms with E-state index in [9.17, 15) is 12.8 Å². The molecule has 17 heteroatoms. The van der Waals surface area contributed by atoms with Gasteiger partial charge in [0, 0.05) is 26.8 Å². The Kier molecular flexibility index (Phi) is 7.72. The van der Waals surface area contributed by atoms with Crippen LogP contribution in [0.4, 0.5) is 16.3 Å². The fraction of sp³-hybridized carbons (Fsp3) is 0.545. The minimum atomic E-state index is -4.10. The van der Waals surface area contributed by atoms with E-state index in [-0.39, 0.29) is 42.3 Å². The van der Waals surface area contributed by atoms with E-state index < -0.39 is 33.3 Å². The molecule has 2 fully saturated rings. The van der Waals surface area contributed by atoms with Gasteiger partial charge in [0.1, 0.15) is 17.7 Å². The number of sulfonamides is 1. The number of hydrogen-bond donors (Lipinski definition) is 1. The van der Waals surface area contributed by atoms with Crippen molar-refractivity contribution in [1.29, 1.82) is 0 Å². The molecule has 15 nitrogen and oxygen atoms in total. The molecule has 0 aromatic carbocycles. The Labute approximate surface area is 223 Å². The van der Waals surface area contributed by atoms with Crippen molar-refractivity contribution in [3.63, 3.8) is 0 Å². The first-order valence-electron chi connectivity index (χ1n) is 12.1. The quantitative estimate of drug-likeness (QED) is 0.389. The zero-order chi connectivity index (χ0) is 27.6. The Morgan fingerprint density at radius 1 is 1.05 bits per heavy atom. The van der Waals surface area contributed by atoms with Crippen LogP contribution in [0.3, 0.4) is 0 Å². The van der Waals surface area contributed by atoms with Gasteiger partial charge in [0.2, 0.25) is 33.7 Å². The van der Waals surface area contributed by atoms with Crippen molar-refractivity contribution in [2.75, 3.05) is 50.6 Å². The van der Waals surface area contributed by atoms with Gasteiger partial charge in [-0.25, -0.2) is 22.8 Å². The summed E-state index contributed by atoms with van der Waals surface area (Å²) in [5.41, 5.74) is 0.218. The molecule has 2 saturated heterocycles. The number of ether oxygens (including phenoxy) is 4. The highest BCUT2D eigenvalue weighted by Gasteiger charge is 2.39. The third kappa shape index (κ3) is 5.41. The van der Waals surface area contributed by atoms with Crippen molar-refractivity contribution in [1.82, 2.24) is 34.7 Å². The molecule has 2 aliphatic rings. The van der Waals surface area contributed by atoms with Crippen molar-refractivity contribution in [3.8, 4) is 17.4 Å². The standard InChI is InChI=1S/C22H28FN9O6S/c1-35-14-7-15(11-31(10-14)21-24-8-13(23)9-25-21)39(33,34)30-22-29-28-18(16-5-4-6-38-16)32(22)17-19(36-2)26-12-27-20(17)37-3/h8-9,12,14-16H,4-7,10-11H2,1-3H3,(H,29,30)/t14-,15-,16-/m1/s1. The van der Waals surface area contributed by atoms with E-state index in [1.54, 1.807) is 4.90 Å². The highest BCUT2D eigenvalue weighted by atomic mass is 32.2. The van der Waals surface area contributed by atoms with E-state index in [0.717, 1.165) is 18.8 Å². The predicted octanol–water partition coefficient (Wildman–Crippen LogP) is 0.891. The maximum absolute atomic E-state index is 13.8. The third-order valence-corrected chi connectivity index (χ3v) is 8.23. The van der Waals surface area contributed by atoms with E-state index in [4.69, 9.17) is 18.9 Å². The third-order valence-electron chi connectivity index (χ3n) is 6.54. The van der Waals surface area contributed by atoms with Gasteiger partial charge in [0.15, 0.2) is 17.3 Å². The Bertz CT molecular complexity index is 1380. The molecular formula is C22H28FN9O6S. The SMILES string of the molecule is COc1ncnc(OC)c1-n1c(NS(=O)(=O)[C@@H]2C[C@@H](OC)CN(c3ncc(F)cn3)C2)nnc1[C@H]1CCCO1. The average Bonchev–Trinajstić information content (AvgIpc) is 3.62. The number of nitrogens with one attached hydrogen (secondary N) is 1. The fourth-order valence-electron chi connectivity index (χ4n) is 4.66. The van der Waals surface area contributed by atoms with Gasteiger partial charge in [-0.3, -0.25) is 9.29 Å². The van der Waals surface area contributed by atoms with Crippen LogP contribution in [-0.2, 0) is 19.5 Å². The van der Waals surface area contributed by atoms with Crippen LogP contribution in [0.25, 0.3) is 5.69 Å². The Morgan fingerprint density at radius 2 is 1.77 bits per heavy atom. The van der Waals surface area contributed by atoms with E-state index in [1.807, 2.05) is 0 Å². The molecule has 3 atom stereocenters. The summed E-state index contributed by atoms with van der Waals surface area (Å²) in [6.45, 7) is 0.901. The maximum Gasteiger partial charge on any atom is 0.245 e. The number of anilines is 2. The first kappa shape index (κ1) is 26.9. The zero-order valence-electron chi connectivity index (χ0n) is 21.5. The number of methoxy groups -OCH3 is 3. The lowest BCUT2D eigenvalue weighted by Crippen LogP contribution is -2.51. The lowest BCUT2D eigenvalue weighted by Gasteiger charge is -2.36. The molecule has 0 spiro atoms. The number of aromatic nitrogens is 7. The molecule has 0 aliphatic carbocycles. The van der Waals surface area contributed by atoms with Gasteiger partial charge in [0.25, 0.3) is 0 Å². The van der Waals surface area contributed by atoms with E-state index in [2.05, 4.69) is 34.9 Å². The Hall–Kier alpha value is -3.70.